The second-order valence-corrected chi connectivity index (χ2v) is 8.04. The first kappa shape index (κ1) is 21.0. The van der Waals surface area contributed by atoms with Gasteiger partial charge in [0.2, 0.25) is 5.01 Å². The van der Waals surface area contributed by atoms with Gasteiger partial charge in [0, 0.05) is 24.4 Å². The maximum Gasteiger partial charge on any atom is 0.286 e. The van der Waals surface area contributed by atoms with Gasteiger partial charge in [0.1, 0.15) is 12.4 Å². The Morgan fingerprint density at radius 3 is 2.77 bits per heavy atom. The first-order valence-electron chi connectivity index (χ1n) is 9.99. The zero-order valence-electron chi connectivity index (χ0n) is 16.7. The van der Waals surface area contributed by atoms with E-state index in [1.54, 1.807) is 24.3 Å². The number of carbonyl (C=O) groups excluding carboxylic acids is 2. The minimum absolute atomic E-state index is 0.0734. The average Bonchev–Trinajstić information content (AvgIpc) is 3.49. The fourth-order valence-corrected chi connectivity index (χ4v) is 3.75. The second-order valence-electron chi connectivity index (χ2n) is 6.98. The molecule has 2 N–H and O–H groups in total. The monoisotopic (exact) mass is 438 g/mol. The molecule has 0 unspecified atom stereocenters. The lowest BCUT2D eigenvalue weighted by Gasteiger charge is -2.11. The van der Waals surface area contributed by atoms with Gasteiger partial charge >= 0.3 is 0 Å². The Morgan fingerprint density at radius 1 is 1.10 bits per heavy atom. The molecule has 2 aromatic carbocycles. The first-order valence-corrected chi connectivity index (χ1v) is 10.8. The summed E-state index contributed by atoms with van der Waals surface area (Å²) in [6, 6.07) is 16.1. The highest BCUT2D eigenvalue weighted by atomic mass is 32.1. The maximum absolute atomic E-state index is 12.5. The number of anilines is 1. The first-order chi connectivity index (χ1) is 15.2. The Balaban J connectivity index is 1.31. The van der Waals surface area contributed by atoms with Gasteiger partial charge in [-0.15, -0.1) is 10.2 Å². The predicted octanol–water partition coefficient (Wildman–Crippen LogP) is 3.28. The molecule has 31 heavy (non-hydrogen) atoms. The van der Waals surface area contributed by atoms with Gasteiger partial charge in [-0.05, 0) is 43.2 Å². The summed E-state index contributed by atoms with van der Waals surface area (Å²) in [4.78, 5) is 24.9. The number of para-hydroxylation sites is 1. The lowest BCUT2D eigenvalue weighted by atomic mass is 10.1. The highest BCUT2D eigenvalue weighted by Gasteiger charge is 2.17. The summed E-state index contributed by atoms with van der Waals surface area (Å²) in [5.74, 6) is 0.126. The molecule has 2 amide bonds. The lowest BCUT2D eigenvalue weighted by molar-refractivity contribution is 0.0857. The summed E-state index contributed by atoms with van der Waals surface area (Å²) in [5.41, 5.74) is 0.970. The van der Waals surface area contributed by atoms with Crippen LogP contribution in [0.25, 0.3) is 0 Å². The van der Waals surface area contributed by atoms with Gasteiger partial charge < -0.3 is 20.1 Å². The number of carbonyl (C=O) groups is 2. The Hall–Kier alpha value is -3.30. The van der Waals surface area contributed by atoms with Gasteiger partial charge in [-0.1, -0.05) is 35.6 Å². The quantitative estimate of drug-likeness (QED) is 0.560. The van der Waals surface area contributed by atoms with Crippen molar-refractivity contribution >= 4 is 28.8 Å². The number of hydrogen-bond acceptors (Lipinski definition) is 7. The number of aromatic nitrogens is 2. The zero-order valence-corrected chi connectivity index (χ0v) is 17.6. The molecule has 4 rings (SSSR count). The molecule has 1 saturated heterocycles. The molecule has 8 nitrogen and oxygen atoms in total. The van der Waals surface area contributed by atoms with E-state index in [-0.39, 0.29) is 29.5 Å². The summed E-state index contributed by atoms with van der Waals surface area (Å²) in [7, 11) is 0. The number of ether oxygens (including phenoxy) is 2. The van der Waals surface area contributed by atoms with Crippen molar-refractivity contribution in [1.82, 2.24) is 15.5 Å². The van der Waals surface area contributed by atoms with Crippen LogP contribution in [0.4, 0.5) is 5.69 Å². The van der Waals surface area contributed by atoms with Crippen LogP contribution in [0.2, 0.25) is 0 Å². The van der Waals surface area contributed by atoms with Gasteiger partial charge in [-0.25, -0.2) is 0 Å². The lowest BCUT2D eigenvalue weighted by Crippen LogP contribution is -2.31. The van der Waals surface area contributed by atoms with E-state index in [0.29, 0.717) is 22.8 Å². The summed E-state index contributed by atoms with van der Waals surface area (Å²) >= 11 is 1.16. The van der Waals surface area contributed by atoms with Crippen molar-refractivity contribution in [3.8, 4) is 5.75 Å². The van der Waals surface area contributed by atoms with Gasteiger partial charge in [0.05, 0.1) is 6.10 Å². The molecule has 1 aromatic heterocycles. The molecule has 3 aromatic rings. The van der Waals surface area contributed by atoms with E-state index in [1.807, 2.05) is 30.3 Å². The molecule has 2 heterocycles. The average molecular weight is 439 g/mol. The van der Waals surface area contributed by atoms with Crippen LogP contribution in [0.5, 0.6) is 5.75 Å². The van der Waals surface area contributed by atoms with Crippen molar-refractivity contribution in [2.24, 2.45) is 0 Å². The van der Waals surface area contributed by atoms with Crippen molar-refractivity contribution in [3.05, 3.63) is 70.2 Å². The van der Waals surface area contributed by atoms with E-state index in [4.69, 9.17) is 9.47 Å². The SMILES string of the molecule is O=C(NC[C@@H]1CCCO1)c1cccc(NC(=O)c2nnc(COc3ccccc3)s2)c1. The number of benzene rings is 2. The molecule has 0 aliphatic carbocycles. The number of nitrogens with one attached hydrogen (secondary N) is 2. The predicted molar refractivity (Wildman–Crippen MR) is 116 cm³/mol. The van der Waals surface area contributed by atoms with Crippen molar-refractivity contribution < 1.29 is 19.1 Å². The molecule has 1 aliphatic heterocycles. The maximum atomic E-state index is 12.5. The number of amides is 2. The Bertz CT molecular complexity index is 1030. The highest BCUT2D eigenvalue weighted by Crippen LogP contribution is 2.17. The van der Waals surface area contributed by atoms with Crippen LogP contribution in [0.15, 0.2) is 54.6 Å². The summed E-state index contributed by atoms with van der Waals surface area (Å²) < 4.78 is 11.1. The van der Waals surface area contributed by atoms with E-state index in [1.165, 1.54) is 0 Å². The van der Waals surface area contributed by atoms with Crippen LogP contribution < -0.4 is 15.4 Å². The van der Waals surface area contributed by atoms with Crippen molar-refractivity contribution in [1.29, 1.82) is 0 Å². The third-order valence-electron chi connectivity index (χ3n) is 4.66. The molecule has 160 valence electrons. The van der Waals surface area contributed by atoms with E-state index < -0.39 is 0 Å². The molecule has 9 heteroatoms. The Labute approximate surface area is 183 Å². The van der Waals surface area contributed by atoms with Gasteiger partial charge in [-0.3, -0.25) is 9.59 Å². The van der Waals surface area contributed by atoms with Crippen molar-refractivity contribution in [2.45, 2.75) is 25.6 Å². The third kappa shape index (κ3) is 5.87. The molecule has 1 atom stereocenters. The van der Waals surface area contributed by atoms with E-state index in [0.717, 1.165) is 36.5 Å². The van der Waals surface area contributed by atoms with E-state index in [2.05, 4.69) is 20.8 Å². The molecule has 1 fully saturated rings. The standard InChI is InChI=1S/C22H22N4O4S/c27-20(23-13-18-10-5-11-29-18)15-6-4-7-16(12-15)24-21(28)22-26-25-19(31-22)14-30-17-8-2-1-3-9-17/h1-4,6-9,12,18H,5,10-11,13-14H2,(H,23,27)(H,24,28)/t18-/m0/s1. The topological polar surface area (TPSA) is 102 Å². The van der Waals surface area contributed by atoms with E-state index >= 15 is 0 Å². The second kappa shape index (κ2) is 10.1. The minimum atomic E-state index is -0.389. The Morgan fingerprint density at radius 2 is 1.97 bits per heavy atom. The molecule has 0 spiro atoms. The Kier molecular flexibility index (Phi) is 6.85. The zero-order chi connectivity index (χ0) is 21.5. The van der Waals surface area contributed by atoms with Gasteiger partial charge in [-0.2, -0.15) is 0 Å². The van der Waals surface area contributed by atoms with Crippen LogP contribution in [0.3, 0.4) is 0 Å². The number of nitrogens with zero attached hydrogens (tertiary/aromatic N) is 2. The summed E-state index contributed by atoms with van der Waals surface area (Å²) in [6.45, 7) is 1.46. The largest absolute Gasteiger partial charge is 0.486 e. The van der Waals surface area contributed by atoms with Crippen LogP contribution in [0, 0.1) is 0 Å². The molecule has 0 radical (unpaired) electrons. The van der Waals surface area contributed by atoms with Crippen molar-refractivity contribution in [3.63, 3.8) is 0 Å². The smallest absolute Gasteiger partial charge is 0.286 e. The highest BCUT2D eigenvalue weighted by molar-refractivity contribution is 7.13. The fourth-order valence-electron chi connectivity index (χ4n) is 3.10. The molecule has 0 bridgehead atoms. The van der Waals surface area contributed by atoms with E-state index in [9.17, 15) is 9.59 Å². The van der Waals surface area contributed by atoms with Crippen LogP contribution in [-0.2, 0) is 11.3 Å². The number of rotatable bonds is 8. The molecular formula is C22H22N4O4S. The van der Waals surface area contributed by atoms with Gasteiger partial charge in [0.15, 0.2) is 5.01 Å². The fraction of sp³-hybridized carbons (Fsp3) is 0.273. The van der Waals surface area contributed by atoms with Crippen LogP contribution in [-0.4, -0.2) is 41.3 Å². The third-order valence-corrected chi connectivity index (χ3v) is 5.56. The summed E-state index contributed by atoms with van der Waals surface area (Å²) in [6.07, 6.45) is 2.05. The molecular weight excluding hydrogens is 416 g/mol. The normalized spacial score (nSPS) is 15.4. The van der Waals surface area contributed by atoms with Crippen LogP contribution in [0.1, 0.15) is 38.0 Å². The van der Waals surface area contributed by atoms with Crippen molar-refractivity contribution in [2.75, 3.05) is 18.5 Å². The number of hydrogen-bond donors (Lipinski definition) is 2. The van der Waals surface area contributed by atoms with Crippen LogP contribution >= 0.6 is 11.3 Å². The summed E-state index contributed by atoms with van der Waals surface area (Å²) in [5, 5.41) is 14.4. The molecule has 0 saturated carbocycles. The van der Waals surface area contributed by atoms with Gasteiger partial charge in [0.25, 0.3) is 11.8 Å². The minimum Gasteiger partial charge on any atom is -0.486 e. The molecule has 1 aliphatic rings.